The smallest absolute Gasteiger partial charge is 0.407 e. The summed E-state index contributed by atoms with van der Waals surface area (Å²) in [6.45, 7) is 7.21. The molecular weight excluding hydrogens is 206 g/mol. The largest absolute Gasteiger partial charge is 0.444 e. The minimum absolute atomic E-state index is 0.322. The van der Waals surface area contributed by atoms with E-state index < -0.39 is 17.3 Å². The van der Waals surface area contributed by atoms with Gasteiger partial charge in [0.2, 0.25) is 0 Å². The summed E-state index contributed by atoms with van der Waals surface area (Å²) in [5.41, 5.74) is -1.38. The van der Waals surface area contributed by atoms with Gasteiger partial charge in [0.1, 0.15) is 5.60 Å². The van der Waals surface area contributed by atoms with E-state index in [-0.39, 0.29) is 6.04 Å². The third kappa shape index (κ3) is 3.52. The summed E-state index contributed by atoms with van der Waals surface area (Å²) in [5, 5.41) is 12.8. The molecule has 1 aliphatic rings. The van der Waals surface area contributed by atoms with Crippen LogP contribution >= 0.6 is 0 Å². The van der Waals surface area contributed by atoms with Gasteiger partial charge in [0.15, 0.2) is 0 Å². The Morgan fingerprint density at radius 2 is 1.94 bits per heavy atom. The molecule has 4 heteroatoms. The molecule has 0 radical (unpaired) electrons. The van der Waals surface area contributed by atoms with Gasteiger partial charge in [-0.25, -0.2) is 4.79 Å². The van der Waals surface area contributed by atoms with E-state index >= 15 is 0 Å². The molecule has 4 nitrogen and oxygen atoms in total. The minimum atomic E-state index is -0.864. The highest BCUT2D eigenvalue weighted by atomic mass is 16.6. The maximum absolute atomic E-state index is 11.5. The lowest BCUT2D eigenvalue weighted by Gasteiger charge is -2.31. The van der Waals surface area contributed by atoms with Crippen molar-refractivity contribution in [2.75, 3.05) is 0 Å². The first kappa shape index (κ1) is 13.0. The van der Waals surface area contributed by atoms with Crippen LogP contribution in [-0.4, -0.2) is 28.4 Å². The van der Waals surface area contributed by atoms with Crippen molar-refractivity contribution in [3.8, 4) is 0 Å². The fourth-order valence-electron chi connectivity index (χ4n) is 1.63. The number of nitrogens with one attached hydrogen (secondary N) is 1. The highest BCUT2D eigenvalue weighted by molar-refractivity contribution is 5.68. The molecule has 0 bridgehead atoms. The van der Waals surface area contributed by atoms with Crippen LogP contribution in [0.1, 0.15) is 40.5 Å². The summed E-state index contributed by atoms with van der Waals surface area (Å²) in [6.07, 6.45) is 4.51. The van der Waals surface area contributed by atoms with Gasteiger partial charge in [0.25, 0.3) is 0 Å². The highest BCUT2D eigenvalue weighted by Gasteiger charge is 2.35. The van der Waals surface area contributed by atoms with Gasteiger partial charge < -0.3 is 15.2 Å². The molecule has 0 heterocycles. The Balaban J connectivity index is 2.45. The molecule has 2 N–H and O–H groups in total. The second-order valence-electron chi connectivity index (χ2n) is 5.35. The van der Waals surface area contributed by atoms with Gasteiger partial charge in [-0.3, -0.25) is 0 Å². The van der Waals surface area contributed by atoms with Crippen LogP contribution in [0.15, 0.2) is 12.2 Å². The molecule has 0 saturated carbocycles. The summed E-state index contributed by atoms with van der Waals surface area (Å²) >= 11 is 0. The van der Waals surface area contributed by atoms with Crippen LogP contribution in [0, 0.1) is 0 Å². The van der Waals surface area contributed by atoms with Gasteiger partial charge in [-0.1, -0.05) is 12.2 Å². The third-order valence-electron chi connectivity index (χ3n) is 2.65. The number of carbonyl (C=O) groups excluding carboxylic acids is 1. The van der Waals surface area contributed by atoms with Crippen molar-refractivity contribution in [1.29, 1.82) is 0 Å². The molecule has 92 valence electrons. The summed E-state index contributed by atoms with van der Waals surface area (Å²) in [6, 6.07) is -0.322. The first-order valence-corrected chi connectivity index (χ1v) is 5.60. The molecule has 0 saturated heterocycles. The molecule has 16 heavy (non-hydrogen) atoms. The monoisotopic (exact) mass is 227 g/mol. The van der Waals surface area contributed by atoms with Crippen LogP contribution in [0.4, 0.5) is 4.79 Å². The SMILES string of the molecule is C[C@@H](NC(=O)OC(C)(C)C)C1(O)CC=CC1. The quantitative estimate of drug-likeness (QED) is 0.709. The summed E-state index contributed by atoms with van der Waals surface area (Å²) in [5.74, 6) is 0. The van der Waals surface area contributed by atoms with Gasteiger partial charge in [-0.2, -0.15) is 0 Å². The predicted molar refractivity (Wildman–Crippen MR) is 62.2 cm³/mol. The van der Waals surface area contributed by atoms with E-state index in [1.807, 2.05) is 32.9 Å². The lowest BCUT2D eigenvalue weighted by molar-refractivity contribution is 0.00663. The molecule has 0 unspecified atom stereocenters. The van der Waals surface area contributed by atoms with E-state index in [2.05, 4.69) is 5.32 Å². The second-order valence-corrected chi connectivity index (χ2v) is 5.35. The molecule has 0 aliphatic heterocycles. The number of hydrogen-bond acceptors (Lipinski definition) is 3. The Morgan fingerprint density at radius 3 is 2.38 bits per heavy atom. The van der Waals surface area contributed by atoms with E-state index in [4.69, 9.17) is 4.74 Å². The van der Waals surface area contributed by atoms with Crippen LogP contribution in [0.25, 0.3) is 0 Å². The van der Waals surface area contributed by atoms with Crippen molar-refractivity contribution >= 4 is 6.09 Å². The number of rotatable bonds is 2. The molecule has 0 fully saturated rings. The van der Waals surface area contributed by atoms with Crippen LogP contribution in [0.2, 0.25) is 0 Å². The Labute approximate surface area is 96.7 Å². The van der Waals surface area contributed by atoms with Crippen molar-refractivity contribution in [3.05, 3.63) is 12.2 Å². The van der Waals surface area contributed by atoms with E-state index in [1.54, 1.807) is 6.92 Å². The zero-order chi connectivity index (χ0) is 12.4. The van der Waals surface area contributed by atoms with E-state index in [0.29, 0.717) is 12.8 Å². The number of alkyl carbamates (subject to hydrolysis) is 1. The third-order valence-corrected chi connectivity index (χ3v) is 2.65. The molecule has 0 aromatic carbocycles. The Kier molecular flexibility index (Phi) is 3.63. The molecule has 1 aliphatic carbocycles. The number of hydrogen-bond donors (Lipinski definition) is 2. The Bertz CT molecular complexity index is 283. The fourth-order valence-corrected chi connectivity index (χ4v) is 1.63. The molecule has 1 rings (SSSR count). The lowest BCUT2D eigenvalue weighted by Crippen LogP contribution is -2.50. The first-order valence-electron chi connectivity index (χ1n) is 5.60. The van der Waals surface area contributed by atoms with Crippen molar-refractivity contribution in [1.82, 2.24) is 5.32 Å². The number of amides is 1. The summed E-state index contributed by atoms with van der Waals surface area (Å²) in [4.78, 5) is 11.5. The van der Waals surface area contributed by atoms with E-state index in [1.165, 1.54) is 0 Å². The zero-order valence-electron chi connectivity index (χ0n) is 10.4. The molecule has 0 spiro atoms. The van der Waals surface area contributed by atoms with Crippen molar-refractivity contribution in [2.45, 2.75) is 57.8 Å². The topological polar surface area (TPSA) is 58.6 Å². The van der Waals surface area contributed by atoms with Crippen LogP contribution < -0.4 is 5.32 Å². The average molecular weight is 227 g/mol. The van der Waals surface area contributed by atoms with Gasteiger partial charge in [0.05, 0.1) is 11.6 Å². The summed E-state index contributed by atoms with van der Waals surface area (Å²) in [7, 11) is 0. The van der Waals surface area contributed by atoms with Gasteiger partial charge >= 0.3 is 6.09 Å². The minimum Gasteiger partial charge on any atom is -0.444 e. The molecule has 0 aromatic heterocycles. The van der Waals surface area contributed by atoms with Gasteiger partial charge in [-0.15, -0.1) is 0 Å². The molecule has 0 aromatic rings. The Morgan fingerprint density at radius 1 is 1.44 bits per heavy atom. The molecular formula is C12H21NO3. The van der Waals surface area contributed by atoms with Crippen molar-refractivity contribution in [3.63, 3.8) is 0 Å². The fraction of sp³-hybridized carbons (Fsp3) is 0.750. The van der Waals surface area contributed by atoms with Crippen LogP contribution in [0.5, 0.6) is 0 Å². The van der Waals surface area contributed by atoms with Crippen LogP contribution in [0.3, 0.4) is 0 Å². The maximum Gasteiger partial charge on any atom is 0.407 e. The average Bonchev–Trinajstić information content (AvgIpc) is 2.49. The van der Waals surface area contributed by atoms with Crippen LogP contribution in [-0.2, 0) is 4.74 Å². The van der Waals surface area contributed by atoms with E-state index in [9.17, 15) is 9.90 Å². The second kappa shape index (κ2) is 4.45. The number of ether oxygens (including phenoxy) is 1. The van der Waals surface area contributed by atoms with Gasteiger partial charge in [0, 0.05) is 0 Å². The highest BCUT2D eigenvalue weighted by Crippen LogP contribution is 2.27. The Hall–Kier alpha value is -1.03. The number of carbonyl (C=O) groups is 1. The molecule has 1 atom stereocenters. The maximum atomic E-state index is 11.5. The van der Waals surface area contributed by atoms with E-state index in [0.717, 1.165) is 0 Å². The standard InChI is InChI=1S/C12H21NO3/c1-9(12(15)7-5-6-8-12)13-10(14)16-11(2,3)4/h5-6,9,15H,7-8H2,1-4H3,(H,13,14)/t9-/m1/s1. The van der Waals surface area contributed by atoms with Gasteiger partial charge in [-0.05, 0) is 40.5 Å². The first-order chi connectivity index (χ1) is 7.23. The lowest BCUT2D eigenvalue weighted by atomic mass is 9.93. The number of aliphatic hydroxyl groups is 1. The summed E-state index contributed by atoms with van der Waals surface area (Å²) < 4.78 is 5.13. The predicted octanol–water partition coefficient (Wildman–Crippen LogP) is 1.98. The molecule has 1 amide bonds. The van der Waals surface area contributed by atoms with Crippen molar-refractivity contribution < 1.29 is 14.6 Å². The normalized spacial score (nSPS) is 20.6. The van der Waals surface area contributed by atoms with Crippen molar-refractivity contribution in [2.24, 2.45) is 0 Å². The zero-order valence-corrected chi connectivity index (χ0v) is 10.4.